The zero-order valence-electron chi connectivity index (χ0n) is 9.66. The molecule has 2 aromatic rings. The predicted molar refractivity (Wildman–Crippen MR) is 54.4 cm³/mol. The van der Waals surface area contributed by atoms with Gasteiger partial charge in [-0.05, 0) is 22.9 Å². The van der Waals surface area contributed by atoms with Crippen LogP contribution in [0.15, 0.2) is 42.5 Å². The van der Waals surface area contributed by atoms with Crippen molar-refractivity contribution in [3.05, 3.63) is 42.5 Å². The van der Waals surface area contributed by atoms with Gasteiger partial charge in [0.05, 0.1) is 0 Å². The molecule has 0 heterocycles. The van der Waals surface area contributed by atoms with Crippen LogP contribution in [0.5, 0.6) is 5.75 Å². The Labute approximate surface area is 143 Å². The first kappa shape index (κ1) is 17.6. The number of phosphoric acid groups is 1. The van der Waals surface area contributed by atoms with E-state index in [0.717, 1.165) is 10.8 Å². The molecule has 4 nitrogen and oxygen atoms in total. The number of fused-ring (bicyclic) bond motifs is 1. The largest absolute Gasteiger partial charge is 1.00 e. The van der Waals surface area contributed by atoms with E-state index in [0.29, 0.717) is 0 Å². The molecule has 0 aliphatic heterocycles. The summed E-state index contributed by atoms with van der Waals surface area (Å²) in [6, 6.07) is 12.2. The van der Waals surface area contributed by atoms with Gasteiger partial charge in [-0.3, -0.25) is 4.57 Å². The van der Waals surface area contributed by atoms with E-state index in [4.69, 9.17) is 4.89 Å². The van der Waals surface area contributed by atoms with Crippen LogP contribution in [0.1, 0.15) is 0 Å². The molecular formula is C10H8Na2O4P+. The summed E-state index contributed by atoms with van der Waals surface area (Å²) in [5, 5.41) is 1.83. The van der Waals surface area contributed by atoms with Crippen molar-refractivity contribution in [2.75, 3.05) is 0 Å². The molecule has 0 fully saturated rings. The van der Waals surface area contributed by atoms with Crippen LogP contribution in [0.3, 0.4) is 0 Å². The quantitative estimate of drug-likeness (QED) is 0.442. The number of rotatable bonds is 2. The molecule has 0 aliphatic carbocycles. The topological polar surface area (TPSA) is 69.6 Å². The summed E-state index contributed by atoms with van der Waals surface area (Å²) in [6.45, 7) is 0. The maximum Gasteiger partial charge on any atom is 1.00 e. The standard InChI is InChI=1S/C10H9O4P.2Na/c11-15(12,13)14-10-6-5-8-3-1-2-4-9(8)7-10;;/h1-7H,(H2,11,12,13);;/q;2*+1/p-1. The molecule has 78 valence electrons. The van der Waals surface area contributed by atoms with Gasteiger partial charge < -0.3 is 14.3 Å². The van der Waals surface area contributed by atoms with Gasteiger partial charge in [0.25, 0.3) is 0 Å². The molecule has 0 spiro atoms. The van der Waals surface area contributed by atoms with Crippen LogP contribution in [0, 0.1) is 0 Å². The fourth-order valence-electron chi connectivity index (χ4n) is 1.36. The molecule has 2 rings (SSSR count). The average molecular weight is 269 g/mol. The Balaban J connectivity index is 0.00000128. The van der Waals surface area contributed by atoms with E-state index in [9.17, 15) is 9.46 Å². The van der Waals surface area contributed by atoms with Crippen molar-refractivity contribution in [1.29, 1.82) is 0 Å². The summed E-state index contributed by atoms with van der Waals surface area (Å²) >= 11 is 0. The Bertz CT molecular complexity index is 541. The fraction of sp³-hybridized carbons (Fsp3) is 0. The van der Waals surface area contributed by atoms with E-state index in [1.165, 1.54) is 6.07 Å². The monoisotopic (exact) mass is 269 g/mol. The first-order valence-corrected chi connectivity index (χ1v) is 5.76. The smallest absolute Gasteiger partial charge is 0.746 e. The molecule has 0 aliphatic rings. The molecule has 2 aromatic carbocycles. The third-order valence-electron chi connectivity index (χ3n) is 1.94. The number of hydrogen-bond acceptors (Lipinski definition) is 3. The fourth-order valence-corrected chi connectivity index (χ4v) is 1.74. The van der Waals surface area contributed by atoms with Gasteiger partial charge in [0.1, 0.15) is 5.75 Å². The minimum absolute atomic E-state index is 0. The second-order valence-corrected chi connectivity index (χ2v) is 4.19. The Morgan fingerprint density at radius 3 is 2.24 bits per heavy atom. The van der Waals surface area contributed by atoms with Crippen molar-refractivity contribution in [1.82, 2.24) is 0 Å². The molecular weight excluding hydrogens is 261 g/mol. The SMILES string of the molecule is O=P([O-])(O)Oc1ccc2ccccc2c1.[Na+].[Na+]. The average Bonchev–Trinajstić information content (AvgIpc) is 2.15. The van der Waals surface area contributed by atoms with Gasteiger partial charge in [0.2, 0.25) is 0 Å². The van der Waals surface area contributed by atoms with Crippen molar-refractivity contribution in [3.8, 4) is 5.75 Å². The van der Waals surface area contributed by atoms with E-state index in [1.54, 1.807) is 12.1 Å². The molecule has 0 amide bonds. The summed E-state index contributed by atoms with van der Waals surface area (Å²) in [5.41, 5.74) is 0. The summed E-state index contributed by atoms with van der Waals surface area (Å²) in [5.74, 6) is 0.106. The zero-order valence-corrected chi connectivity index (χ0v) is 14.6. The van der Waals surface area contributed by atoms with Gasteiger partial charge in [-0.1, -0.05) is 30.3 Å². The van der Waals surface area contributed by atoms with Crippen LogP contribution in [0.25, 0.3) is 10.8 Å². The number of hydrogen-bond donors (Lipinski definition) is 1. The van der Waals surface area contributed by atoms with E-state index >= 15 is 0 Å². The molecule has 0 bridgehead atoms. The van der Waals surface area contributed by atoms with Crippen LogP contribution in [-0.4, -0.2) is 4.89 Å². The maximum atomic E-state index is 10.5. The second-order valence-electron chi connectivity index (χ2n) is 3.07. The molecule has 0 radical (unpaired) electrons. The molecule has 1 N–H and O–H groups in total. The van der Waals surface area contributed by atoms with Crippen molar-refractivity contribution in [2.24, 2.45) is 0 Å². The Morgan fingerprint density at radius 2 is 1.65 bits per heavy atom. The number of phosphoric ester groups is 1. The Hall–Kier alpha value is 0.650. The minimum atomic E-state index is -4.72. The molecule has 0 saturated carbocycles. The molecule has 17 heavy (non-hydrogen) atoms. The molecule has 1 atom stereocenters. The third-order valence-corrected chi connectivity index (χ3v) is 2.38. The van der Waals surface area contributed by atoms with Crippen LogP contribution in [-0.2, 0) is 4.57 Å². The van der Waals surface area contributed by atoms with Crippen LogP contribution in [0.4, 0.5) is 0 Å². The van der Waals surface area contributed by atoms with E-state index in [2.05, 4.69) is 4.52 Å². The van der Waals surface area contributed by atoms with Crippen LogP contribution < -0.4 is 68.5 Å². The Kier molecular flexibility index (Phi) is 7.57. The van der Waals surface area contributed by atoms with Gasteiger partial charge in [-0.2, -0.15) is 0 Å². The summed E-state index contributed by atoms with van der Waals surface area (Å²) in [6.07, 6.45) is 0. The van der Waals surface area contributed by atoms with Gasteiger partial charge in [-0.15, -0.1) is 0 Å². The predicted octanol–water partition coefficient (Wildman–Crippen LogP) is -4.31. The maximum absolute atomic E-state index is 10.5. The van der Waals surface area contributed by atoms with Gasteiger partial charge in [-0.25, -0.2) is 0 Å². The van der Waals surface area contributed by atoms with Gasteiger partial charge in [0, 0.05) is 0 Å². The molecule has 0 aromatic heterocycles. The van der Waals surface area contributed by atoms with Gasteiger partial charge >= 0.3 is 66.9 Å². The van der Waals surface area contributed by atoms with Crippen LogP contribution >= 0.6 is 7.82 Å². The van der Waals surface area contributed by atoms with E-state index < -0.39 is 7.82 Å². The normalized spacial score (nSPS) is 13.1. The Morgan fingerprint density at radius 1 is 1.06 bits per heavy atom. The first-order chi connectivity index (χ1) is 7.04. The zero-order chi connectivity index (χ0) is 10.9. The summed E-state index contributed by atoms with van der Waals surface area (Å²) in [4.78, 5) is 19.0. The molecule has 7 heteroatoms. The van der Waals surface area contributed by atoms with Crippen molar-refractivity contribution in [2.45, 2.75) is 0 Å². The van der Waals surface area contributed by atoms with E-state index in [1.807, 2.05) is 24.3 Å². The second kappa shape index (κ2) is 7.29. The molecule has 1 unspecified atom stereocenters. The summed E-state index contributed by atoms with van der Waals surface area (Å²) < 4.78 is 14.9. The van der Waals surface area contributed by atoms with Crippen molar-refractivity contribution < 1.29 is 78.0 Å². The first-order valence-electron chi connectivity index (χ1n) is 4.27. The van der Waals surface area contributed by atoms with Gasteiger partial charge in [0.15, 0.2) is 0 Å². The summed E-state index contributed by atoms with van der Waals surface area (Å²) in [7, 11) is -4.72. The third kappa shape index (κ3) is 5.43. The van der Waals surface area contributed by atoms with Crippen molar-refractivity contribution in [3.63, 3.8) is 0 Å². The number of benzene rings is 2. The van der Waals surface area contributed by atoms with Crippen molar-refractivity contribution >= 4 is 18.6 Å². The minimum Gasteiger partial charge on any atom is -0.746 e. The van der Waals surface area contributed by atoms with E-state index in [-0.39, 0.29) is 64.9 Å². The van der Waals surface area contributed by atoms with Crippen LogP contribution in [0.2, 0.25) is 0 Å². The molecule has 0 saturated heterocycles.